The van der Waals surface area contributed by atoms with Crippen LogP contribution in [0.15, 0.2) is 45.3 Å². The van der Waals surface area contributed by atoms with Gasteiger partial charge in [0.2, 0.25) is 11.7 Å². The molecule has 0 spiro atoms. The standard InChI is InChI=1S/C19H19N3O5/c1-3-14-13(19(24)25)9-15(26-14)17(23)20-10-11(2)18-21-16(22-27-18)12-7-5-4-6-8-12/h4-9,11H,3,10H2,1-2H3,(H,20,23)(H,24,25). The zero-order chi connectivity index (χ0) is 19.4. The van der Waals surface area contributed by atoms with Crippen molar-refractivity contribution < 1.29 is 23.6 Å². The number of furan rings is 1. The average Bonchev–Trinajstić information content (AvgIpc) is 3.33. The molecule has 8 heteroatoms. The fraction of sp³-hybridized carbons (Fsp3) is 0.263. The van der Waals surface area contributed by atoms with Crippen LogP contribution < -0.4 is 5.32 Å². The maximum absolute atomic E-state index is 12.2. The van der Waals surface area contributed by atoms with Crippen molar-refractivity contribution in [1.29, 1.82) is 0 Å². The SMILES string of the molecule is CCc1oc(C(=O)NCC(C)c2nc(-c3ccccc3)no2)cc1C(=O)O. The summed E-state index contributed by atoms with van der Waals surface area (Å²) in [5.74, 6) is -0.729. The van der Waals surface area contributed by atoms with Crippen LogP contribution in [0.25, 0.3) is 11.4 Å². The molecule has 1 amide bonds. The summed E-state index contributed by atoms with van der Waals surface area (Å²) in [5.41, 5.74) is 0.840. The van der Waals surface area contributed by atoms with Crippen molar-refractivity contribution >= 4 is 11.9 Å². The van der Waals surface area contributed by atoms with Gasteiger partial charge in [-0.25, -0.2) is 4.79 Å². The van der Waals surface area contributed by atoms with E-state index >= 15 is 0 Å². The van der Waals surface area contributed by atoms with E-state index in [2.05, 4.69) is 15.5 Å². The van der Waals surface area contributed by atoms with Crippen LogP contribution in [0.1, 0.15) is 52.3 Å². The topological polar surface area (TPSA) is 118 Å². The number of carbonyl (C=O) groups is 2. The van der Waals surface area contributed by atoms with Gasteiger partial charge in [-0.2, -0.15) is 4.98 Å². The third kappa shape index (κ3) is 4.05. The van der Waals surface area contributed by atoms with Crippen LogP contribution in [-0.4, -0.2) is 33.7 Å². The average molecular weight is 369 g/mol. The minimum atomic E-state index is -1.12. The smallest absolute Gasteiger partial charge is 0.339 e. The first-order valence-corrected chi connectivity index (χ1v) is 8.52. The largest absolute Gasteiger partial charge is 0.478 e. The van der Waals surface area contributed by atoms with E-state index in [0.29, 0.717) is 18.1 Å². The molecule has 0 radical (unpaired) electrons. The van der Waals surface area contributed by atoms with Gasteiger partial charge in [0.1, 0.15) is 11.3 Å². The normalized spacial score (nSPS) is 11.9. The number of carbonyl (C=O) groups excluding carboxylic acids is 1. The van der Waals surface area contributed by atoms with E-state index in [4.69, 9.17) is 14.0 Å². The third-order valence-corrected chi connectivity index (χ3v) is 4.05. The van der Waals surface area contributed by atoms with Crippen LogP contribution in [0.2, 0.25) is 0 Å². The quantitative estimate of drug-likeness (QED) is 0.657. The van der Waals surface area contributed by atoms with Crippen molar-refractivity contribution in [3.05, 3.63) is 59.4 Å². The number of nitrogens with one attached hydrogen (secondary N) is 1. The molecular formula is C19H19N3O5. The Labute approximate surface area is 155 Å². The Morgan fingerprint density at radius 3 is 2.63 bits per heavy atom. The Hall–Kier alpha value is -3.42. The molecule has 0 saturated heterocycles. The molecule has 140 valence electrons. The number of hydrogen-bond acceptors (Lipinski definition) is 6. The van der Waals surface area contributed by atoms with E-state index in [1.54, 1.807) is 6.92 Å². The van der Waals surface area contributed by atoms with E-state index in [9.17, 15) is 9.59 Å². The van der Waals surface area contributed by atoms with E-state index in [-0.39, 0.29) is 29.5 Å². The van der Waals surface area contributed by atoms with Gasteiger partial charge in [0.15, 0.2) is 5.76 Å². The lowest BCUT2D eigenvalue weighted by Gasteiger charge is -2.07. The lowest BCUT2D eigenvalue weighted by molar-refractivity contribution is 0.0694. The highest BCUT2D eigenvalue weighted by atomic mass is 16.5. The monoisotopic (exact) mass is 369 g/mol. The maximum Gasteiger partial charge on any atom is 0.339 e. The van der Waals surface area contributed by atoms with Crippen molar-refractivity contribution in [2.24, 2.45) is 0 Å². The molecule has 1 atom stereocenters. The number of rotatable bonds is 7. The van der Waals surface area contributed by atoms with Crippen molar-refractivity contribution in [3.8, 4) is 11.4 Å². The molecule has 1 aromatic carbocycles. The molecule has 8 nitrogen and oxygen atoms in total. The van der Waals surface area contributed by atoms with Crippen LogP contribution in [0.3, 0.4) is 0 Å². The second kappa shape index (κ2) is 7.86. The molecule has 27 heavy (non-hydrogen) atoms. The molecule has 2 aromatic heterocycles. The number of aryl methyl sites for hydroxylation is 1. The van der Waals surface area contributed by atoms with Gasteiger partial charge in [-0.05, 0) is 0 Å². The summed E-state index contributed by atoms with van der Waals surface area (Å²) in [5, 5.41) is 15.8. The Morgan fingerprint density at radius 2 is 2.00 bits per heavy atom. The van der Waals surface area contributed by atoms with Gasteiger partial charge in [0.25, 0.3) is 5.91 Å². The number of carboxylic acid groups (broad SMARTS) is 1. The van der Waals surface area contributed by atoms with Crippen molar-refractivity contribution in [2.75, 3.05) is 6.54 Å². The summed E-state index contributed by atoms with van der Waals surface area (Å²) >= 11 is 0. The Balaban J connectivity index is 1.64. The molecule has 2 heterocycles. The Kier molecular flexibility index (Phi) is 5.35. The first kappa shape index (κ1) is 18.4. The predicted octanol–water partition coefficient (Wildman–Crippen LogP) is 3.12. The summed E-state index contributed by atoms with van der Waals surface area (Å²) in [6, 6.07) is 10.7. The molecule has 0 aliphatic rings. The van der Waals surface area contributed by atoms with Gasteiger partial charge in [-0.3, -0.25) is 4.79 Å². The fourth-order valence-corrected chi connectivity index (χ4v) is 2.54. The second-order valence-electron chi connectivity index (χ2n) is 6.04. The van der Waals surface area contributed by atoms with E-state index in [0.717, 1.165) is 5.56 Å². The third-order valence-electron chi connectivity index (χ3n) is 4.05. The van der Waals surface area contributed by atoms with Gasteiger partial charge in [0, 0.05) is 24.6 Å². The van der Waals surface area contributed by atoms with E-state index in [1.807, 2.05) is 37.3 Å². The van der Waals surface area contributed by atoms with Crippen LogP contribution in [0, 0.1) is 0 Å². The predicted molar refractivity (Wildman–Crippen MR) is 95.5 cm³/mol. The maximum atomic E-state index is 12.2. The molecule has 0 fully saturated rings. The summed E-state index contributed by atoms with van der Waals surface area (Å²) in [6.45, 7) is 3.83. The van der Waals surface area contributed by atoms with Gasteiger partial charge < -0.3 is 19.4 Å². The number of hydrogen-bond donors (Lipinski definition) is 2. The van der Waals surface area contributed by atoms with Crippen molar-refractivity contribution in [1.82, 2.24) is 15.5 Å². The molecule has 0 aliphatic heterocycles. The van der Waals surface area contributed by atoms with Crippen LogP contribution in [-0.2, 0) is 6.42 Å². The molecular weight excluding hydrogens is 350 g/mol. The Morgan fingerprint density at radius 1 is 1.26 bits per heavy atom. The number of aromatic carboxylic acids is 1. The number of carboxylic acids is 1. The summed E-state index contributed by atoms with van der Waals surface area (Å²) in [7, 11) is 0. The first-order chi connectivity index (χ1) is 13.0. The Bertz CT molecular complexity index is 945. The minimum Gasteiger partial charge on any atom is -0.478 e. The summed E-state index contributed by atoms with van der Waals surface area (Å²) in [6.07, 6.45) is 0.384. The molecule has 0 saturated carbocycles. The lowest BCUT2D eigenvalue weighted by atomic mass is 10.1. The van der Waals surface area contributed by atoms with Gasteiger partial charge in [0.05, 0.1) is 5.92 Å². The molecule has 3 rings (SSSR count). The van der Waals surface area contributed by atoms with Gasteiger partial charge >= 0.3 is 5.97 Å². The summed E-state index contributed by atoms with van der Waals surface area (Å²) in [4.78, 5) is 27.8. The highest BCUT2D eigenvalue weighted by Crippen LogP contribution is 2.20. The molecule has 2 N–H and O–H groups in total. The van der Waals surface area contributed by atoms with Crippen LogP contribution >= 0.6 is 0 Å². The molecule has 3 aromatic rings. The summed E-state index contributed by atoms with van der Waals surface area (Å²) < 4.78 is 10.6. The zero-order valence-corrected chi connectivity index (χ0v) is 14.9. The number of amides is 1. The zero-order valence-electron chi connectivity index (χ0n) is 14.9. The molecule has 0 bridgehead atoms. The number of nitrogens with zero attached hydrogens (tertiary/aromatic N) is 2. The lowest BCUT2D eigenvalue weighted by Crippen LogP contribution is -2.27. The highest BCUT2D eigenvalue weighted by molar-refractivity contribution is 5.96. The van der Waals surface area contributed by atoms with Crippen LogP contribution in [0.5, 0.6) is 0 Å². The van der Waals surface area contributed by atoms with Gasteiger partial charge in [-0.15, -0.1) is 0 Å². The first-order valence-electron chi connectivity index (χ1n) is 8.52. The van der Waals surface area contributed by atoms with E-state index in [1.165, 1.54) is 6.07 Å². The highest BCUT2D eigenvalue weighted by Gasteiger charge is 2.21. The van der Waals surface area contributed by atoms with Crippen LogP contribution in [0.4, 0.5) is 0 Å². The second-order valence-corrected chi connectivity index (χ2v) is 6.04. The number of aromatic nitrogens is 2. The molecule has 1 unspecified atom stereocenters. The fourth-order valence-electron chi connectivity index (χ4n) is 2.54. The minimum absolute atomic E-state index is 0.0000950. The van der Waals surface area contributed by atoms with E-state index < -0.39 is 11.9 Å². The van der Waals surface area contributed by atoms with Crippen molar-refractivity contribution in [3.63, 3.8) is 0 Å². The van der Waals surface area contributed by atoms with Crippen molar-refractivity contribution in [2.45, 2.75) is 26.2 Å². The molecule has 0 aliphatic carbocycles. The van der Waals surface area contributed by atoms with Gasteiger partial charge in [-0.1, -0.05) is 49.3 Å². The number of benzene rings is 1.